The van der Waals surface area contributed by atoms with Gasteiger partial charge in [0.2, 0.25) is 28.4 Å². The molecule has 1 aromatic heterocycles. The second kappa shape index (κ2) is 21.6. The lowest BCUT2D eigenvalue weighted by atomic mass is 9.77. The average Bonchev–Trinajstić information content (AvgIpc) is 3.34. The molecule has 13 N–H and O–H groups in total. The van der Waals surface area contributed by atoms with E-state index in [1.54, 1.807) is 52.3 Å². The van der Waals surface area contributed by atoms with Crippen LogP contribution in [0.4, 0.5) is 0 Å². The van der Waals surface area contributed by atoms with Crippen LogP contribution in [-0.2, 0) is 10.8 Å². The molecule has 0 radical (unpaired) electrons. The van der Waals surface area contributed by atoms with Gasteiger partial charge < -0.3 is 70.8 Å². The standard InChI is InChI=1S/C36H40O12.C13H8O2.C2H6OS.CH4O/c1-5-13-17-9-19(27(39)33(45)25(17)37)14(6-2)21-11-23(31(43)35(47)29(21)41)16(8-4)24-12-22(30(42)36(48)32(24)44)15(7-3)20-10-18(13)26(38)34(46)28(20)40;14-13-9-5-1-3-7-11(9)15-12-8-4-2-6-10(12)13;1-4(2)3;1-2/h9-16,37-48H,5-8H2,1-4H3;1-8H;1-2H3;2H,1H3. The van der Waals surface area contributed by atoms with Crippen molar-refractivity contribution in [2.24, 2.45) is 0 Å². The van der Waals surface area contributed by atoms with Crippen LogP contribution in [0.15, 0.2) is 82.0 Å². The predicted octanol–water partition coefficient (Wildman–Crippen LogP) is 9.18. The summed E-state index contributed by atoms with van der Waals surface area (Å²) in [7, 11) is 0.389. The minimum atomic E-state index is -0.984. The third-order valence-corrected chi connectivity index (χ3v) is 12.3. The van der Waals surface area contributed by atoms with E-state index in [0.717, 1.165) is 7.11 Å². The van der Waals surface area contributed by atoms with E-state index in [0.29, 0.717) is 21.9 Å². The topological polar surface area (TPSA) is 310 Å². The molecule has 6 aromatic carbocycles. The highest BCUT2D eigenvalue weighted by molar-refractivity contribution is 7.83. The Morgan fingerprint density at radius 2 is 0.580 bits per heavy atom. The number of aromatic hydroxyl groups is 12. The maximum atomic E-state index is 12.0. The Labute approximate surface area is 399 Å². The van der Waals surface area contributed by atoms with Gasteiger partial charge in [-0.15, -0.1) is 0 Å². The highest BCUT2D eigenvalue weighted by Gasteiger charge is 2.36. The minimum Gasteiger partial charge on any atom is -0.504 e. The van der Waals surface area contributed by atoms with Gasteiger partial charge in [-0.3, -0.25) is 9.00 Å². The van der Waals surface area contributed by atoms with Gasteiger partial charge in [0.25, 0.3) is 0 Å². The van der Waals surface area contributed by atoms with Crippen LogP contribution < -0.4 is 5.43 Å². The molecule has 16 nitrogen and oxygen atoms in total. The van der Waals surface area contributed by atoms with E-state index in [4.69, 9.17) is 9.52 Å². The normalized spacial score (nSPS) is 16.1. The third-order valence-electron chi connectivity index (χ3n) is 12.3. The lowest BCUT2D eigenvalue weighted by Crippen LogP contribution is -2.10. The van der Waals surface area contributed by atoms with Crippen molar-refractivity contribution in [3.63, 3.8) is 0 Å². The maximum absolute atomic E-state index is 12.0. The van der Waals surface area contributed by atoms with Gasteiger partial charge >= 0.3 is 0 Å². The number of phenols is 12. The fourth-order valence-corrected chi connectivity index (χ4v) is 9.06. The second-order valence-corrected chi connectivity index (χ2v) is 17.9. The van der Waals surface area contributed by atoms with Crippen LogP contribution in [0.1, 0.15) is 122 Å². The zero-order chi connectivity index (χ0) is 51.3. The van der Waals surface area contributed by atoms with Crippen molar-refractivity contribution < 1.29 is 75.0 Å². The summed E-state index contributed by atoms with van der Waals surface area (Å²) in [6, 6.07) is 20.1. The first-order chi connectivity index (χ1) is 32.7. The fraction of sp³-hybridized carbons (Fsp3) is 0.288. The Bertz CT molecular complexity index is 2650. The molecule has 8 bridgehead atoms. The number of aliphatic hydroxyl groups excluding tert-OH is 1. The van der Waals surface area contributed by atoms with E-state index in [2.05, 4.69) is 0 Å². The number of hydrogen-bond donors (Lipinski definition) is 13. The molecule has 0 spiro atoms. The molecule has 368 valence electrons. The fourth-order valence-electron chi connectivity index (χ4n) is 9.06. The minimum absolute atomic E-state index is 0.00860. The molecule has 1 aliphatic carbocycles. The number of rotatable bonds is 4. The summed E-state index contributed by atoms with van der Waals surface area (Å²) in [5, 5.41) is 141. The van der Waals surface area contributed by atoms with Gasteiger partial charge in [-0.1, -0.05) is 52.0 Å². The molecule has 8 rings (SSSR count). The first-order valence-electron chi connectivity index (χ1n) is 22.0. The number of benzene rings is 6. The molecular formula is C52H58O16S. The molecule has 0 fully saturated rings. The zero-order valence-corrected chi connectivity index (χ0v) is 39.8. The van der Waals surface area contributed by atoms with Gasteiger partial charge in [-0.05, 0) is 74.2 Å². The lowest BCUT2D eigenvalue weighted by molar-refractivity contribution is 0.349. The van der Waals surface area contributed by atoms with Crippen LogP contribution in [0.2, 0.25) is 0 Å². The van der Waals surface area contributed by atoms with Crippen molar-refractivity contribution in [2.75, 3.05) is 19.6 Å². The van der Waals surface area contributed by atoms with Crippen LogP contribution in [0.5, 0.6) is 69.0 Å². The predicted molar refractivity (Wildman–Crippen MR) is 262 cm³/mol. The monoisotopic (exact) mass is 970 g/mol. The van der Waals surface area contributed by atoms with Gasteiger partial charge in [-0.25, -0.2) is 0 Å². The summed E-state index contributed by atoms with van der Waals surface area (Å²) < 4.78 is 15.2. The lowest BCUT2D eigenvalue weighted by Gasteiger charge is -2.29. The Morgan fingerprint density at radius 1 is 0.391 bits per heavy atom. The van der Waals surface area contributed by atoms with Crippen molar-refractivity contribution in [3.8, 4) is 69.0 Å². The number of hydrogen-bond acceptors (Lipinski definition) is 16. The largest absolute Gasteiger partial charge is 0.504 e. The van der Waals surface area contributed by atoms with E-state index >= 15 is 0 Å². The molecule has 7 aromatic rings. The first-order valence-corrected chi connectivity index (χ1v) is 23.9. The van der Waals surface area contributed by atoms with E-state index < -0.39 is 103 Å². The molecule has 0 atom stereocenters. The smallest absolute Gasteiger partial charge is 0.200 e. The quantitative estimate of drug-likeness (QED) is 0.0577. The Kier molecular flexibility index (Phi) is 16.5. The summed E-state index contributed by atoms with van der Waals surface area (Å²) in [5.41, 5.74) is 1.38. The van der Waals surface area contributed by atoms with E-state index in [1.165, 1.54) is 24.3 Å². The molecule has 1 aliphatic rings. The molecule has 0 saturated heterocycles. The summed E-state index contributed by atoms with van der Waals surface area (Å²) in [4.78, 5) is 12.0. The molecule has 17 heteroatoms. The molecule has 0 unspecified atom stereocenters. The molecule has 69 heavy (non-hydrogen) atoms. The van der Waals surface area contributed by atoms with Crippen LogP contribution in [-0.4, -0.2) is 90.2 Å². The molecule has 0 saturated carbocycles. The van der Waals surface area contributed by atoms with Crippen molar-refractivity contribution in [2.45, 2.75) is 77.0 Å². The molecule has 0 aliphatic heterocycles. The van der Waals surface area contributed by atoms with Crippen LogP contribution in [0.25, 0.3) is 21.9 Å². The van der Waals surface area contributed by atoms with Crippen molar-refractivity contribution in [3.05, 3.63) is 128 Å². The number of para-hydroxylation sites is 2. The van der Waals surface area contributed by atoms with Gasteiger partial charge in [0.15, 0.2) is 46.0 Å². The average molecular weight is 971 g/mol. The Balaban J connectivity index is 0.000000347. The zero-order valence-electron chi connectivity index (χ0n) is 39.0. The maximum Gasteiger partial charge on any atom is 0.200 e. The highest BCUT2D eigenvalue weighted by atomic mass is 32.2. The van der Waals surface area contributed by atoms with Gasteiger partial charge in [-0.2, -0.15) is 0 Å². The summed E-state index contributed by atoms with van der Waals surface area (Å²) in [5.74, 6) is -13.3. The Morgan fingerprint density at radius 3 is 0.768 bits per heavy atom. The van der Waals surface area contributed by atoms with Crippen molar-refractivity contribution in [1.82, 2.24) is 0 Å². The van der Waals surface area contributed by atoms with Crippen molar-refractivity contribution in [1.29, 1.82) is 0 Å². The van der Waals surface area contributed by atoms with Gasteiger partial charge in [0, 0.05) is 98.6 Å². The SMILES string of the molecule is CCC1c2cc(c(O)c(O)c2O)C(CC)c2cc(c(O)c(O)c2O)C(CC)c2cc(c(O)c(O)c2O)C(CC)c2cc1c(O)c(O)c2O.CO.CS(C)=O.O=c1c2ccccc2oc2ccccc12. The van der Waals surface area contributed by atoms with E-state index in [9.17, 15) is 70.3 Å². The highest BCUT2D eigenvalue weighted by Crippen LogP contribution is 2.58. The van der Waals surface area contributed by atoms with E-state index in [-0.39, 0.29) is 75.6 Å². The first kappa shape index (κ1) is 52.5. The molecular weight excluding hydrogens is 913 g/mol. The number of phenolic OH excluding ortho intramolecular Hbond substituents is 12. The third kappa shape index (κ3) is 9.65. The number of fused-ring (bicyclic) bond motifs is 10. The second-order valence-electron chi connectivity index (χ2n) is 16.4. The summed E-state index contributed by atoms with van der Waals surface area (Å²) >= 11 is 0. The summed E-state index contributed by atoms with van der Waals surface area (Å²) in [6.07, 6.45) is 3.85. The van der Waals surface area contributed by atoms with Crippen LogP contribution >= 0.6 is 0 Å². The molecule has 0 amide bonds. The molecule has 1 heterocycles. The Hall–Kier alpha value is -7.50. The van der Waals surface area contributed by atoms with E-state index in [1.807, 2.05) is 36.4 Å². The number of aliphatic hydroxyl groups is 1. The van der Waals surface area contributed by atoms with Crippen molar-refractivity contribution >= 4 is 32.7 Å². The van der Waals surface area contributed by atoms with Gasteiger partial charge in [0.05, 0.1) is 10.8 Å². The van der Waals surface area contributed by atoms with Gasteiger partial charge in [0.1, 0.15) is 11.2 Å². The summed E-state index contributed by atoms with van der Waals surface area (Å²) in [6.45, 7) is 6.78. The van der Waals surface area contributed by atoms with Crippen LogP contribution in [0, 0.1) is 0 Å². The van der Waals surface area contributed by atoms with Crippen LogP contribution in [0.3, 0.4) is 0 Å².